The molecule has 41 heavy (non-hydrogen) atoms. The lowest BCUT2D eigenvalue weighted by Gasteiger charge is -2.23. The molecule has 1 aliphatic rings. The minimum Gasteiger partial charge on any atom is -0.490 e. The number of hydrogen-bond donors (Lipinski definition) is 1. The number of pyridine rings is 1. The number of aromatic carboxylic acids is 1. The first-order valence-corrected chi connectivity index (χ1v) is 13.9. The molecule has 5 nitrogen and oxygen atoms in total. The molecule has 0 radical (unpaired) electrons. The Kier molecular flexibility index (Phi) is 7.81. The second-order valence-electron chi connectivity index (χ2n) is 10.1. The third-order valence-electron chi connectivity index (χ3n) is 7.28. The van der Waals surface area contributed by atoms with Gasteiger partial charge in [0.2, 0.25) is 0 Å². The van der Waals surface area contributed by atoms with Crippen molar-refractivity contribution in [3.63, 3.8) is 0 Å². The van der Waals surface area contributed by atoms with Gasteiger partial charge in [0.05, 0.1) is 17.3 Å². The number of carboxylic acid groups (broad SMARTS) is 1. The number of hydrogen-bond acceptors (Lipinski definition) is 4. The molecule has 5 aromatic rings. The van der Waals surface area contributed by atoms with E-state index in [1.807, 2.05) is 60.7 Å². The second kappa shape index (κ2) is 12.0. The number of carbonyl (C=O) groups is 1. The fraction of sp³-hybridized carbons (Fsp3) is 0.143. The van der Waals surface area contributed by atoms with Crippen molar-refractivity contribution in [1.82, 2.24) is 4.98 Å². The fourth-order valence-corrected chi connectivity index (χ4v) is 5.41. The van der Waals surface area contributed by atoms with E-state index in [1.54, 1.807) is 24.3 Å². The maximum atomic E-state index is 11.7. The molecule has 6 heteroatoms. The molecular formula is C35H28ClNO4. The van der Waals surface area contributed by atoms with Gasteiger partial charge in [0.25, 0.3) is 0 Å². The predicted molar refractivity (Wildman–Crippen MR) is 162 cm³/mol. The molecule has 1 aliphatic carbocycles. The number of halogens is 1. The maximum Gasteiger partial charge on any atom is 0.339 e. The minimum absolute atomic E-state index is 0.00328. The highest BCUT2D eigenvalue weighted by Gasteiger charge is 2.26. The van der Waals surface area contributed by atoms with Gasteiger partial charge in [-0.1, -0.05) is 84.4 Å². The van der Waals surface area contributed by atoms with Crippen LogP contribution in [0.5, 0.6) is 5.75 Å². The molecule has 0 fully saturated rings. The van der Waals surface area contributed by atoms with Crippen molar-refractivity contribution in [1.29, 1.82) is 0 Å². The van der Waals surface area contributed by atoms with Gasteiger partial charge in [-0.3, -0.25) is 0 Å². The largest absolute Gasteiger partial charge is 0.490 e. The van der Waals surface area contributed by atoms with Gasteiger partial charge in [-0.2, -0.15) is 0 Å². The lowest BCUT2D eigenvalue weighted by molar-refractivity contribution is -0.0309. The average molecular weight is 562 g/mol. The van der Waals surface area contributed by atoms with Crippen molar-refractivity contribution in [2.24, 2.45) is 0 Å². The van der Waals surface area contributed by atoms with E-state index in [9.17, 15) is 9.90 Å². The Morgan fingerprint density at radius 1 is 0.902 bits per heavy atom. The van der Waals surface area contributed by atoms with E-state index < -0.39 is 12.1 Å². The van der Waals surface area contributed by atoms with E-state index >= 15 is 0 Å². The monoisotopic (exact) mass is 561 g/mol. The molecule has 1 aromatic heterocycles. The Hall–Kier alpha value is -4.45. The number of fused-ring (bicyclic) bond motifs is 2. The number of benzene rings is 4. The summed E-state index contributed by atoms with van der Waals surface area (Å²) in [7, 11) is 0. The van der Waals surface area contributed by atoms with Crippen LogP contribution < -0.4 is 4.74 Å². The average Bonchev–Trinajstić information content (AvgIpc) is 3.41. The summed E-state index contributed by atoms with van der Waals surface area (Å²) in [5.74, 6) is -0.706. The summed E-state index contributed by atoms with van der Waals surface area (Å²) in [6.45, 7) is 0.178. The smallest absolute Gasteiger partial charge is 0.339 e. The fourth-order valence-electron chi connectivity index (χ4n) is 5.24. The summed E-state index contributed by atoms with van der Waals surface area (Å²) >= 11 is 6.16. The molecule has 0 spiro atoms. The maximum absolute atomic E-state index is 11.7. The third kappa shape index (κ3) is 6.32. The zero-order chi connectivity index (χ0) is 28.2. The van der Waals surface area contributed by atoms with Crippen molar-refractivity contribution in [2.45, 2.75) is 25.0 Å². The van der Waals surface area contributed by atoms with Crippen molar-refractivity contribution in [2.75, 3.05) is 6.61 Å². The first kappa shape index (κ1) is 26.8. The van der Waals surface area contributed by atoms with Gasteiger partial charge in [0, 0.05) is 10.4 Å². The van der Waals surface area contributed by atoms with E-state index in [-0.39, 0.29) is 18.3 Å². The molecule has 0 saturated carbocycles. The lowest BCUT2D eigenvalue weighted by Crippen LogP contribution is -2.22. The summed E-state index contributed by atoms with van der Waals surface area (Å²) in [5, 5.41) is 11.3. The van der Waals surface area contributed by atoms with Gasteiger partial charge in [0.1, 0.15) is 24.0 Å². The zero-order valence-corrected chi connectivity index (χ0v) is 23.0. The van der Waals surface area contributed by atoms with Crippen LogP contribution in [-0.2, 0) is 17.6 Å². The molecule has 1 atom stereocenters. The highest BCUT2D eigenvalue weighted by atomic mass is 35.5. The van der Waals surface area contributed by atoms with E-state index in [1.165, 1.54) is 11.1 Å². The van der Waals surface area contributed by atoms with Gasteiger partial charge < -0.3 is 14.6 Å². The van der Waals surface area contributed by atoms with Crippen LogP contribution in [0.3, 0.4) is 0 Å². The normalized spacial score (nSPS) is 13.9. The molecule has 204 valence electrons. The highest BCUT2D eigenvalue weighted by Crippen LogP contribution is 2.30. The topological polar surface area (TPSA) is 68.7 Å². The Labute approximate surface area is 243 Å². The lowest BCUT2D eigenvalue weighted by atomic mass is 10.0. The molecule has 0 saturated heterocycles. The van der Waals surface area contributed by atoms with Crippen molar-refractivity contribution >= 4 is 40.6 Å². The van der Waals surface area contributed by atoms with Gasteiger partial charge in [-0.25, -0.2) is 9.78 Å². The zero-order valence-electron chi connectivity index (χ0n) is 22.2. The van der Waals surface area contributed by atoms with Crippen LogP contribution in [0.15, 0.2) is 103 Å². The third-order valence-corrected chi connectivity index (χ3v) is 7.52. The number of para-hydroxylation sites is 1. The molecule has 6 rings (SSSR count). The summed E-state index contributed by atoms with van der Waals surface area (Å²) in [6, 6.07) is 32.9. The molecule has 1 heterocycles. The van der Waals surface area contributed by atoms with Gasteiger partial charge in [-0.05, 0) is 77.6 Å². The first-order valence-electron chi connectivity index (χ1n) is 13.5. The van der Waals surface area contributed by atoms with Crippen LogP contribution in [0.2, 0.25) is 5.02 Å². The van der Waals surface area contributed by atoms with E-state index in [4.69, 9.17) is 26.1 Å². The summed E-state index contributed by atoms with van der Waals surface area (Å²) in [5.41, 5.74) is 6.34. The van der Waals surface area contributed by atoms with Crippen molar-refractivity contribution < 1.29 is 19.4 Å². The number of nitrogens with zero attached hydrogens (tertiary/aromatic N) is 1. The van der Waals surface area contributed by atoms with Crippen LogP contribution in [-0.4, -0.2) is 28.8 Å². The summed E-state index contributed by atoms with van der Waals surface area (Å²) in [6.07, 6.45) is 5.26. The first-order chi connectivity index (χ1) is 20.0. The molecule has 1 unspecified atom stereocenters. The number of carboxylic acids is 1. The van der Waals surface area contributed by atoms with Gasteiger partial charge >= 0.3 is 5.97 Å². The molecule has 0 amide bonds. The van der Waals surface area contributed by atoms with E-state index in [0.29, 0.717) is 10.8 Å². The van der Waals surface area contributed by atoms with Crippen LogP contribution in [0.1, 0.15) is 44.4 Å². The van der Waals surface area contributed by atoms with Gasteiger partial charge in [0.15, 0.2) is 0 Å². The Balaban J connectivity index is 1.25. The van der Waals surface area contributed by atoms with E-state index in [0.717, 1.165) is 40.6 Å². The SMILES string of the molecule is O=C(O)c1ccccc1OCC(OC1Cc2ccccc2C1)c1cccc(/C=C/c2ccc3ccc(Cl)cc3n2)c1. The Morgan fingerprint density at radius 3 is 2.46 bits per heavy atom. The van der Waals surface area contributed by atoms with Gasteiger partial charge in [-0.15, -0.1) is 0 Å². The van der Waals surface area contributed by atoms with Crippen molar-refractivity contribution in [3.8, 4) is 5.75 Å². The molecular weight excluding hydrogens is 534 g/mol. The number of aromatic nitrogens is 1. The number of rotatable bonds is 9. The molecule has 0 aliphatic heterocycles. The minimum atomic E-state index is -1.03. The molecule has 1 N–H and O–H groups in total. The number of ether oxygens (including phenoxy) is 2. The Morgan fingerprint density at radius 2 is 1.66 bits per heavy atom. The second-order valence-corrected chi connectivity index (χ2v) is 10.5. The van der Waals surface area contributed by atoms with Crippen LogP contribution in [0, 0.1) is 0 Å². The molecule has 4 aromatic carbocycles. The standard InChI is InChI=1S/C35H28ClNO4/c36-28-15-13-24-14-17-29(37-32(24)21-28)16-12-23-6-5-9-27(18-23)34(22-40-33-11-4-3-10-31(33)35(38)39)41-30-19-25-7-1-2-8-26(25)20-30/h1-18,21,30,34H,19-20,22H2,(H,38,39)/b16-12+. The Bertz CT molecular complexity index is 1720. The highest BCUT2D eigenvalue weighted by molar-refractivity contribution is 6.31. The van der Waals surface area contributed by atoms with Crippen LogP contribution in [0.4, 0.5) is 0 Å². The van der Waals surface area contributed by atoms with Crippen LogP contribution >= 0.6 is 11.6 Å². The summed E-state index contributed by atoms with van der Waals surface area (Å²) < 4.78 is 12.7. The van der Waals surface area contributed by atoms with Crippen molar-refractivity contribution in [3.05, 3.63) is 142 Å². The predicted octanol–water partition coefficient (Wildman–Crippen LogP) is 8.06. The quantitative estimate of drug-likeness (QED) is 0.197. The molecule has 0 bridgehead atoms. The summed E-state index contributed by atoms with van der Waals surface area (Å²) in [4.78, 5) is 16.5. The van der Waals surface area contributed by atoms with Crippen LogP contribution in [0.25, 0.3) is 23.1 Å². The van der Waals surface area contributed by atoms with E-state index in [2.05, 4.69) is 30.3 Å².